The maximum Gasteiger partial charge on any atom is 0.303 e. The Morgan fingerprint density at radius 1 is 1.57 bits per heavy atom. The Kier molecular flexibility index (Phi) is 5.54. The van der Waals surface area contributed by atoms with E-state index in [1.54, 1.807) is 6.07 Å². The smallest absolute Gasteiger partial charge is 0.303 e. The third kappa shape index (κ3) is 5.60. The summed E-state index contributed by atoms with van der Waals surface area (Å²) in [5.74, 6) is -1.69. The number of hydrogen-bond acceptors (Lipinski definition) is 4. The molecule has 0 fully saturated rings. The fourth-order valence-corrected chi connectivity index (χ4v) is 0.674. The molecule has 0 aliphatic heterocycles. The second-order valence-electron chi connectivity index (χ2n) is 2.49. The SMILES string of the molecule is N#C/C(=C\NCCCC(=O)O)C(N)=O. The van der Waals surface area contributed by atoms with E-state index in [4.69, 9.17) is 16.1 Å². The Balaban J connectivity index is 3.76. The zero-order valence-electron chi connectivity index (χ0n) is 7.49. The highest BCUT2D eigenvalue weighted by Gasteiger charge is 2.01. The van der Waals surface area contributed by atoms with Gasteiger partial charge in [-0.3, -0.25) is 9.59 Å². The zero-order chi connectivity index (χ0) is 11.0. The maximum absolute atomic E-state index is 10.5. The van der Waals surface area contributed by atoms with Gasteiger partial charge in [0.1, 0.15) is 11.6 Å². The molecule has 0 aromatic heterocycles. The van der Waals surface area contributed by atoms with Gasteiger partial charge in [-0.2, -0.15) is 5.26 Å². The number of amides is 1. The van der Waals surface area contributed by atoms with Gasteiger partial charge in [0.15, 0.2) is 0 Å². The summed E-state index contributed by atoms with van der Waals surface area (Å²) >= 11 is 0. The number of carbonyl (C=O) groups is 2. The monoisotopic (exact) mass is 197 g/mol. The quantitative estimate of drug-likeness (QED) is 0.297. The lowest BCUT2D eigenvalue weighted by atomic mass is 10.3. The van der Waals surface area contributed by atoms with Crippen LogP contribution in [0.25, 0.3) is 0 Å². The van der Waals surface area contributed by atoms with Crippen molar-refractivity contribution in [1.29, 1.82) is 5.26 Å². The first-order chi connectivity index (χ1) is 6.57. The van der Waals surface area contributed by atoms with Gasteiger partial charge < -0.3 is 16.2 Å². The molecule has 4 N–H and O–H groups in total. The van der Waals surface area contributed by atoms with Crippen molar-refractivity contribution in [3.63, 3.8) is 0 Å². The summed E-state index contributed by atoms with van der Waals surface area (Å²) in [6.07, 6.45) is 1.65. The van der Waals surface area contributed by atoms with Crippen LogP contribution in [0.1, 0.15) is 12.8 Å². The second kappa shape index (κ2) is 6.48. The first-order valence-electron chi connectivity index (χ1n) is 3.93. The molecular formula is C8H11N3O3. The Hall–Kier alpha value is -2.03. The molecule has 14 heavy (non-hydrogen) atoms. The maximum atomic E-state index is 10.5. The van der Waals surface area contributed by atoms with E-state index in [9.17, 15) is 9.59 Å². The minimum Gasteiger partial charge on any atom is -0.481 e. The molecule has 0 spiro atoms. The minimum atomic E-state index is -0.883. The van der Waals surface area contributed by atoms with Crippen LogP contribution in [0.15, 0.2) is 11.8 Å². The van der Waals surface area contributed by atoms with Gasteiger partial charge in [0, 0.05) is 19.2 Å². The molecule has 0 aromatic carbocycles. The summed E-state index contributed by atoms with van der Waals surface area (Å²) in [6, 6.07) is 1.61. The van der Waals surface area contributed by atoms with Gasteiger partial charge in [-0.15, -0.1) is 0 Å². The van der Waals surface area contributed by atoms with Crippen LogP contribution in [0.3, 0.4) is 0 Å². The molecule has 0 rings (SSSR count). The number of carbonyl (C=O) groups excluding carboxylic acids is 1. The molecule has 0 aliphatic rings. The van der Waals surface area contributed by atoms with Crippen molar-refractivity contribution >= 4 is 11.9 Å². The molecule has 0 aliphatic carbocycles. The van der Waals surface area contributed by atoms with E-state index in [0.29, 0.717) is 13.0 Å². The van der Waals surface area contributed by atoms with Gasteiger partial charge in [0.2, 0.25) is 0 Å². The molecule has 0 atom stereocenters. The molecule has 0 heterocycles. The molecule has 0 saturated heterocycles. The van der Waals surface area contributed by atoms with Gasteiger partial charge in [-0.1, -0.05) is 0 Å². The van der Waals surface area contributed by atoms with Crippen molar-refractivity contribution in [2.45, 2.75) is 12.8 Å². The normalized spacial score (nSPS) is 10.4. The molecule has 76 valence electrons. The predicted molar refractivity (Wildman–Crippen MR) is 47.8 cm³/mol. The molecular weight excluding hydrogens is 186 g/mol. The van der Waals surface area contributed by atoms with E-state index >= 15 is 0 Å². The average Bonchev–Trinajstić information content (AvgIpc) is 2.10. The summed E-state index contributed by atoms with van der Waals surface area (Å²) < 4.78 is 0. The van der Waals surface area contributed by atoms with Crippen LogP contribution in [0.4, 0.5) is 0 Å². The number of primary amides is 1. The Labute approximate surface area is 81.0 Å². The number of aliphatic carboxylic acids is 1. The number of hydrogen-bond donors (Lipinski definition) is 3. The standard InChI is InChI=1S/C8H11N3O3/c9-4-6(8(10)14)5-11-3-1-2-7(12)13/h5,11H,1-3H2,(H2,10,14)(H,12,13)/b6-5+. The van der Waals surface area contributed by atoms with E-state index in [1.807, 2.05) is 0 Å². The summed E-state index contributed by atoms with van der Waals surface area (Å²) in [4.78, 5) is 20.6. The lowest BCUT2D eigenvalue weighted by Gasteiger charge is -1.98. The number of nitriles is 1. The van der Waals surface area contributed by atoms with Crippen molar-refractivity contribution in [3.8, 4) is 6.07 Å². The number of nitrogens with zero attached hydrogens (tertiary/aromatic N) is 1. The molecule has 0 bridgehead atoms. The third-order valence-corrected chi connectivity index (χ3v) is 1.34. The number of carboxylic acids is 1. The Morgan fingerprint density at radius 3 is 2.64 bits per heavy atom. The lowest BCUT2D eigenvalue weighted by molar-refractivity contribution is -0.137. The van der Waals surface area contributed by atoms with Gasteiger partial charge >= 0.3 is 5.97 Å². The van der Waals surface area contributed by atoms with E-state index < -0.39 is 11.9 Å². The lowest BCUT2D eigenvalue weighted by Crippen LogP contribution is -2.17. The first-order valence-corrected chi connectivity index (χ1v) is 3.93. The predicted octanol–water partition coefficient (Wildman–Crippen LogP) is -0.666. The largest absolute Gasteiger partial charge is 0.481 e. The topological polar surface area (TPSA) is 116 Å². The Morgan fingerprint density at radius 2 is 2.21 bits per heavy atom. The van der Waals surface area contributed by atoms with Gasteiger partial charge in [0.05, 0.1) is 0 Å². The van der Waals surface area contributed by atoms with E-state index in [2.05, 4.69) is 5.32 Å². The van der Waals surface area contributed by atoms with Gasteiger partial charge in [0.25, 0.3) is 5.91 Å². The van der Waals surface area contributed by atoms with Crippen molar-refractivity contribution in [3.05, 3.63) is 11.8 Å². The van der Waals surface area contributed by atoms with E-state index in [1.165, 1.54) is 6.20 Å². The first kappa shape index (κ1) is 12.0. The summed E-state index contributed by atoms with van der Waals surface area (Å²) in [5, 5.41) is 19.3. The molecule has 0 saturated carbocycles. The minimum absolute atomic E-state index is 0.0410. The van der Waals surface area contributed by atoms with Crippen molar-refractivity contribution in [1.82, 2.24) is 5.32 Å². The number of carboxylic acid groups (broad SMARTS) is 1. The Bertz CT molecular complexity index is 291. The fourth-order valence-electron chi connectivity index (χ4n) is 0.674. The van der Waals surface area contributed by atoms with Crippen LogP contribution in [0.2, 0.25) is 0 Å². The highest BCUT2D eigenvalue weighted by atomic mass is 16.4. The summed E-state index contributed by atoms with van der Waals surface area (Å²) in [5.41, 5.74) is 4.67. The van der Waals surface area contributed by atoms with Gasteiger partial charge in [-0.25, -0.2) is 0 Å². The summed E-state index contributed by atoms with van der Waals surface area (Å²) in [7, 11) is 0. The molecule has 0 radical (unpaired) electrons. The summed E-state index contributed by atoms with van der Waals surface area (Å²) in [6.45, 7) is 0.380. The fraction of sp³-hybridized carbons (Fsp3) is 0.375. The van der Waals surface area contributed by atoms with Crippen LogP contribution >= 0.6 is 0 Å². The van der Waals surface area contributed by atoms with Crippen molar-refractivity contribution in [2.24, 2.45) is 5.73 Å². The zero-order valence-corrected chi connectivity index (χ0v) is 7.49. The van der Waals surface area contributed by atoms with Crippen molar-refractivity contribution < 1.29 is 14.7 Å². The molecule has 0 unspecified atom stereocenters. The van der Waals surface area contributed by atoms with Crippen LogP contribution in [0, 0.1) is 11.3 Å². The number of nitrogens with two attached hydrogens (primary N) is 1. The van der Waals surface area contributed by atoms with Crippen molar-refractivity contribution in [2.75, 3.05) is 6.54 Å². The van der Waals surface area contributed by atoms with Crippen LogP contribution in [-0.4, -0.2) is 23.5 Å². The average molecular weight is 197 g/mol. The molecule has 0 aromatic rings. The van der Waals surface area contributed by atoms with E-state index in [0.717, 1.165) is 0 Å². The highest BCUT2D eigenvalue weighted by Crippen LogP contribution is 1.89. The number of nitrogens with one attached hydrogen (secondary N) is 1. The second-order valence-corrected chi connectivity index (χ2v) is 2.49. The van der Waals surface area contributed by atoms with Crippen LogP contribution in [0.5, 0.6) is 0 Å². The molecule has 6 heteroatoms. The highest BCUT2D eigenvalue weighted by molar-refractivity contribution is 5.95. The van der Waals surface area contributed by atoms with Crippen LogP contribution < -0.4 is 11.1 Å². The van der Waals surface area contributed by atoms with Crippen LogP contribution in [-0.2, 0) is 9.59 Å². The van der Waals surface area contributed by atoms with E-state index in [-0.39, 0.29) is 12.0 Å². The van der Waals surface area contributed by atoms with Gasteiger partial charge in [-0.05, 0) is 6.42 Å². The molecule has 1 amide bonds. The molecule has 6 nitrogen and oxygen atoms in total. The third-order valence-electron chi connectivity index (χ3n) is 1.34. The number of rotatable bonds is 6.